The Labute approximate surface area is 281 Å². The Hall–Kier alpha value is -5.86. The van der Waals surface area contributed by atoms with Crippen molar-refractivity contribution in [3.63, 3.8) is 0 Å². The van der Waals surface area contributed by atoms with Crippen molar-refractivity contribution in [1.29, 1.82) is 0 Å². The Kier molecular flexibility index (Phi) is 12.3. The van der Waals surface area contributed by atoms with E-state index < -0.39 is 59.5 Å². The topological polar surface area (TPSA) is 211 Å². The Morgan fingerprint density at radius 2 is 1.76 bits per heavy atom. The van der Waals surface area contributed by atoms with E-state index in [0.717, 1.165) is 11.6 Å². The second-order valence-electron chi connectivity index (χ2n) is 11.7. The molecule has 15 heteroatoms. The van der Waals surface area contributed by atoms with Crippen LogP contribution in [0.3, 0.4) is 0 Å². The van der Waals surface area contributed by atoms with Gasteiger partial charge in [0.15, 0.2) is 5.69 Å². The number of hydrogen-bond acceptors (Lipinski definition) is 9. The lowest BCUT2D eigenvalue weighted by molar-refractivity contribution is -0.139. The van der Waals surface area contributed by atoms with E-state index in [4.69, 9.17) is 15.0 Å². The molecule has 0 aliphatic heterocycles. The maximum Gasteiger partial charge on any atom is 0.330 e. The number of imidazole rings is 1. The monoisotopic (exact) mass is 675 g/mol. The normalized spacial score (nSPS) is 13.2. The molecule has 0 saturated heterocycles. The van der Waals surface area contributed by atoms with Gasteiger partial charge in [0.05, 0.1) is 11.0 Å². The highest BCUT2D eigenvalue weighted by atomic mass is 19.1. The van der Waals surface area contributed by atoms with Gasteiger partial charge in [0, 0.05) is 31.0 Å². The summed E-state index contributed by atoms with van der Waals surface area (Å²) in [5, 5.41) is 11.7. The molecule has 0 radical (unpaired) electrons. The zero-order valence-corrected chi connectivity index (χ0v) is 27.2. The van der Waals surface area contributed by atoms with Gasteiger partial charge in [-0.15, -0.1) is 0 Å². The number of hydrogen-bond donors (Lipinski definition) is 5. The number of ether oxygens (including phenoxy) is 1. The molecule has 3 atom stereocenters. The summed E-state index contributed by atoms with van der Waals surface area (Å²) in [6, 6.07) is 11.0. The number of nitrogens with zero attached hydrogens (tertiary/aromatic N) is 2. The smallest absolute Gasteiger partial charge is 0.330 e. The van der Waals surface area contributed by atoms with Crippen LogP contribution in [0.5, 0.6) is 0 Å². The molecular formula is C34H38FN7O7. The predicted molar refractivity (Wildman–Crippen MR) is 175 cm³/mol. The summed E-state index contributed by atoms with van der Waals surface area (Å²) in [5.41, 5.74) is 7.36. The van der Waals surface area contributed by atoms with E-state index in [2.05, 4.69) is 31.1 Å². The summed E-state index contributed by atoms with van der Waals surface area (Å²) < 4.78 is 23.9. The fourth-order valence-electron chi connectivity index (χ4n) is 4.80. The van der Waals surface area contributed by atoms with E-state index in [1.54, 1.807) is 20.8 Å². The molecule has 2 aromatic carbocycles. The lowest BCUT2D eigenvalue weighted by Gasteiger charge is -2.26. The van der Waals surface area contributed by atoms with Crippen LogP contribution in [0.1, 0.15) is 54.3 Å². The van der Waals surface area contributed by atoms with E-state index >= 15 is 0 Å². The second-order valence-corrected chi connectivity index (χ2v) is 11.7. The van der Waals surface area contributed by atoms with E-state index in [0.29, 0.717) is 22.7 Å². The lowest BCUT2D eigenvalue weighted by Crippen LogP contribution is -2.56. The van der Waals surface area contributed by atoms with Crippen LogP contribution in [0.4, 0.5) is 4.39 Å². The van der Waals surface area contributed by atoms with Crippen LogP contribution in [0.15, 0.2) is 71.3 Å². The highest BCUT2D eigenvalue weighted by molar-refractivity contribution is 5.97. The molecule has 14 nitrogen and oxygen atoms in total. The summed E-state index contributed by atoms with van der Waals surface area (Å²) in [6.07, 6.45) is 2.33. The van der Waals surface area contributed by atoms with Crippen LogP contribution in [-0.4, -0.2) is 62.8 Å². The van der Waals surface area contributed by atoms with Gasteiger partial charge >= 0.3 is 5.97 Å². The number of amides is 4. The molecule has 4 aromatic rings. The molecule has 0 unspecified atom stereocenters. The molecule has 0 fully saturated rings. The van der Waals surface area contributed by atoms with E-state index in [1.807, 2.05) is 24.3 Å². The quantitative estimate of drug-likeness (QED) is 0.0871. The number of nitrogens with two attached hydrogens (primary N) is 1. The Balaban J connectivity index is 1.47. The summed E-state index contributed by atoms with van der Waals surface area (Å²) in [5.74, 6) is -3.38. The number of aromatic nitrogens is 3. The largest absolute Gasteiger partial charge is 0.454 e. The van der Waals surface area contributed by atoms with E-state index in [9.17, 15) is 28.4 Å². The van der Waals surface area contributed by atoms with Crippen molar-refractivity contribution in [2.75, 3.05) is 0 Å². The number of para-hydroxylation sites is 2. The Morgan fingerprint density at radius 1 is 1.02 bits per heavy atom. The number of aromatic amines is 1. The van der Waals surface area contributed by atoms with Crippen LogP contribution in [0.25, 0.3) is 11.0 Å². The standard InChI is InChI=1S/C34H38FN7O7/c1-19(2)31(41-33(46)27-16-20(3)49-42-27)34(47)40-26(17-21-8-10-22(35)11-9-21)32(45)37-23(12-14-28(36)43)13-15-30(44)48-18-29-38-24-6-4-5-7-25(24)39-29/h4-11,13,15-16,19,23,26,31H,12,14,17-18H2,1-3H3,(H2,36,43)(H,37,45)(H,38,39)(H,40,47)(H,41,46)/b15-13+/t23-,26+,31+/m1/s1. The number of nitrogens with one attached hydrogen (secondary N) is 4. The van der Waals surface area contributed by atoms with Gasteiger partial charge in [-0.05, 0) is 49.1 Å². The number of halogens is 1. The average molecular weight is 676 g/mol. The van der Waals surface area contributed by atoms with Gasteiger partial charge in [0.2, 0.25) is 17.7 Å². The minimum Gasteiger partial charge on any atom is -0.454 e. The number of esters is 1. The maximum atomic E-state index is 13.7. The highest BCUT2D eigenvalue weighted by Gasteiger charge is 2.30. The van der Waals surface area contributed by atoms with Crippen molar-refractivity contribution >= 4 is 40.6 Å². The molecule has 6 N–H and O–H groups in total. The fourth-order valence-corrected chi connectivity index (χ4v) is 4.80. The Morgan fingerprint density at radius 3 is 2.41 bits per heavy atom. The third-order valence-electron chi connectivity index (χ3n) is 7.37. The Bertz CT molecular complexity index is 1780. The fraction of sp³-hybridized carbons (Fsp3) is 0.324. The zero-order chi connectivity index (χ0) is 35.5. The van der Waals surface area contributed by atoms with Crippen molar-refractivity contribution in [3.8, 4) is 0 Å². The van der Waals surface area contributed by atoms with Crippen molar-refractivity contribution in [2.45, 2.75) is 64.8 Å². The van der Waals surface area contributed by atoms with Crippen molar-refractivity contribution in [3.05, 3.63) is 95.4 Å². The molecule has 0 spiro atoms. The third-order valence-corrected chi connectivity index (χ3v) is 7.37. The number of aryl methyl sites for hydroxylation is 1. The van der Waals surface area contributed by atoms with Crippen LogP contribution in [-0.2, 0) is 36.9 Å². The van der Waals surface area contributed by atoms with Crippen LogP contribution in [0, 0.1) is 18.7 Å². The number of primary amides is 1. The molecule has 0 aliphatic carbocycles. The number of carbonyl (C=O) groups is 5. The molecule has 0 aliphatic rings. The number of H-pyrrole nitrogens is 1. The van der Waals surface area contributed by atoms with Crippen LogP contribution >= 0.6 is 0 Å². The molecule has 4 amide bonds. The zero-order valence-electron chi connectivity index (χ0n) is 27.2. The van der Waals surface area contributed by atoms with Gasteiger partial charge < -0.3 is 35.9 Å². The van der Waals surface area contributed by atoms with Crippen molar-refractivity contribution in [1.82, 2.24) is 31.1 Å². The number of rotatable bonds is 16. The minimum absolute atomic E-state index is 0.0169. The average Bonchev–Trinajstić information content (AvgIpc) is 3.70. The predicted octanol–water partition coefficient (Wildman–Crippen LogP) is 2.53. The van der Waals surface area contributed by atoms with Crippen LogP contribution < -0.4 is 21.7 Å². The molecule has 0 bridgehead atoms. The molecular weight excluding hydrogens is 637 g/mol. The number of benzene rings is 2. The first-order valence-electron chi connectivity index (χ1n) is 15.5. The third kappa shape index (κ3) is 10.8. The summed E-state index contributed by atoms with van der Waals surface area (Å²) in [6.45, 7) is 4.91. The van der Waals surface area contributed by atoms with Gasteiger partial charge in [-0.3, -0.25) is 19.2 Å². The first-order valence-corrected chi connectivity index (χ1v) is 15.5. The lowest BCUT2D eigenvalue weighted by atomic mass is 10.00. The second kappa shape index (κ2) is 16.8. The molecule has 258 valence electrons. The van der Waals surface area contributed by atoms with E-state index in [1.165, 1.54) is 36.4 Å². The van der Waals surface area contributed by atoms with Gasteiger partial charge in [-0.25, -0.2) is 14.2 Å². The van der Waals surface area contributed by atoms with Gasteiger partial charge in [0.25, 0.3) is 5.91 Å². The van der Waals surface area contributed by atoms with Gasteiger partial charge in [0.1, 0.15) is 36.1 Å². The maximum absolute atomic E-state index is 13.7. The van der Waals surface area contributed by atoms with Crippen LogP contribution in [0.2, 0.25) is 0 Å². The molecule has 49 heavy (non-hydrogen) atoms. The van der Waals surface area contributed by atoms with Crippen molar-refractivity contribution in [2.24, 2.45) is 11.7 Å². The first-order chi connectivity index (χ1) is 23.4. The molecule has 2 heterocycles. The van der Waals surface area contributed by atoms with Gasteiger partial charge in [-0.2, -0.15) is 0 Å². The van der Waals surface area contributed by atoms with Gasteiger partial charge in [-0.1, -0.05) is 49.3 Å². The number of fused-ring (bicyclic) bond motifs is 1. The SMILES string of the molecule is Cc1cc(C(=O)N[C@H](C(=O)N[C@@H](Cc2ccc(F)cc2)C(=O)N[C@@H](/C=C/C(=O)OCc2nc3ccccc3[nH]2)CCC(N)=O)C(C)C)no1. The minimum atomic E-state index is -1.21. The molecule has 0 saturated carbocycles. The highest BCUT2D eigenvalue weighted by Crippen LogP contribution is 2.13. The first kappa shape index (κ1) is 36.0. The molecule has 4 rings (SSSR count). The van der Waals surface area contributed by atoms with Crippen molar-refractivity contribution < 1.29 is 37.6 Å². The summed E-state index contributed by atoms with van der Waals surface area (Å²) >= 11 is 0. The van der Waals surface area contributed by atoms with E-state index in [-0.39, 0.29) is 31.6 Å². The molecule has 2 aromatic heterocycles. The number of carbonyl (C=O) groups excluding carboxylic acids is 5. The summed E-state index contributed by atoms with van der Waals surface area (Å²) in [4.78, 5) is 71.5. The summed E-state index contributed by atoms with van der Waals surface area (Å²) in [7, 11) is 0.